The molecule has 33 valence electrons. The van der Waals surface area contributed by atoms with E-state index in [1.807, 2.05) is 0 Å². The van der Waals surface area contributed by atoms with Crippen molar-refractivity contribution in [2.45, 2.75) is 0 Å². The molecule has 0 aromatic carbocycles. The van der Waals surface area contributed by atoms with Crippen LogP contribution in [0.4, 0.5) is 0 Å². The van der Waals surface area contributed by atoms with Crippen LogP contribution in [0, 0.1) is 72.7 Å². The van der Waals surface area contributed by atoms with Gasteiger partial charge in [-0.05, 0) is 0 Å². The number of hydrogen-bond donors (Lipinski definition) is 0. The van der Waals surface area contributed by atoms with Crippen molar-refractivity contribution in [3.05, 3.63) is 0 Å². The first-order valence-electron chi connectivity index (χ1n) is 0.707. The fraction of sp³-hybridized carbons (Fsp3) is 0. The van der Waals surface area contributed by atoms with Gasteiger partial charge >= 0.3 is 38.4 Å². The van der Waals surface area contributed by atoms with Crippen LogP contribution >= 0.6 is 0 Å². The molecular formula is ErO3Pr. The fourth-order valence-corrected chi connectivity index (χ4v) is 0. The summed E-state index contributed by atoms with van der Waals surface area (Å²) in [7, 11) is 0. The predicted octanol–water partition coefficient (Wildman–Crippen LogP) is -0.356. The molecule has 0 rings (SSSR count). The third-order valence-corrected chi connectivity index (χ3v) is 0. The Balaban J connectivity index is 0. The summed E-state index contributed by atoms with van der Waals surface area (Å²) in [4.78, 5) is 0. The summed E-state index contributed by atoms with van der Waals surface area (Å²) in [6.07, 6.45) is 0. The van der Waals surface area contributed by atoms with E-state index in [4.69, 9.17) is 2.98 Å². The molecule has 0 atom stereocenters. The SMILES string of the molecule is [Er].[O]=[Pr](=[O])=[O]. The van der Waals surface area contributed by atoms with Crippen molar-refractivity contribution in [1.29, 1.82) is 0 Å². The second kappa shape index (κ2) is 6.01. The molecule has 0 aliphatic heterocycles. The second-order valence-electron chi connectivity index (χ2n) is 0.289. The Kier molecular flexibility index (Phi) is 12.1. The van der Waals surface area contributed by atoms with E-state index in [9.17, 15) is 0 Å². The van der Waals surface area contributed by atoms with Crippen LogP contribution in [0.25, 0.3) is 0 Å². The molecule has 0 unspecified atom stereocenters. The Hall–Kier alpha value is 2.01. The minimum atomic E-state index is -4.47. The third-order valence-electron chi connectivity index (χ3n) is 0. The molecule has 0 aromatic heterocycles. The minimum absolute atomic E-state index is 0. The summed E-state index contributed by atoms with van der Waals surface area (Å²) in [5.41, 5.74) is 0. The van der Waals surface area contributed by atoms with Gasteiger partial charge < -0.3 is 0 Å². The average molecular weight is 356 g/mol. The van der Waals surface area contributed by atoms with Gasteiger partial charge in [0.05, 0.1) is 0 Å². The molecule has 0 saturated heterocycles. The fourth-order valence-electron chi connectivity index (χ4n) is 0. The van der Waals surface area contributed by atoms with E-state index in [0.29, 0.717) is 0 Å². The van der Waals surface area contributed by atoms with Gasteiger partial charge in [0.25, 0.3) is 0 Å². The molecule has 0 radical (unpaired) electrons. The maximum atomic E-state index is 8.64. The molecule has 0 N–H and O–H groups in total. The zero-order chi connectivity index (χ0) is 3.58. The third kappa shape index (κ3) is 23.9. The molecule has 0 amide bonds. The van der Waals surface area contributed by atoms with E-state index < -0.39 is 35.4 Å². The van der Waals surface area contributed by atoms with Crippen molar-refractivity contribution >= 4 is 0 Å². The Morgan fingerprint density at radius 1 is 1.00 bits per heavy atom. The van der Waals surface area contributed by atoms with Crippen LogP contribution in [0.3, 0.4) is 0 Å². The molecule has 3 nitrogen and oxygen atoms in total. The van der Waals surface area contributed by atoms with E-state index in [0.717, 1.165) is 0 Å². The molecule has 0 aromatic rings. The van der Waals surface area contributed by atoms with Gasteiger partial charge in [-0.1, -0.05) is 0 Å². The molecular weight excluding hydrogens is 356 g/mol. The summed E-state index contributed by atoms with van der Waals surface area (Å²) in [6, 6.07) is 0. The van der Waals surface area contributed by atoms with E-state index >= 15 is 0 Å². The van der Waals surface area contributed by atoms with Crippen LogP contribution in [0.1, 0.15) is 0 Å². The average Bonchev–Trinajstić information content (AvgIpc) is 0.811. The molecule has 0 bridgehead atoms. The first kappa shape index (κ1) is 10.1. The monoisotopic (exact) mass is 355 g/mol. The van der Waals surface area contributed by atoms with Crippen LogP contribution in [0.2, 0.25) is 0 Å². The Labute approximate surface area is 73.7 Å². The maximum absolute atomic E-state index is 8.64. The summed E-state index contributed by atoms with van der Waals surface area (Å²) in [6.45, 7) is 0. The van der Waals surface area contributed by atoms with Gasteiger partial charge in [0.2, 0.25) is 0 Å². The van der Waals surface area contributed by atoms with E-state index in [2.05, 4.69) is 0 Å². The number of hydrogen-bond acceptors (Lipinski definition) is 3. The van der Waals surface area contributed by atoms with Gasteiger partial charge in [-0.3, -0.25) is 0 Å². The first-order valence-corrected chi connectivity index (χ1v) is 5.24. The van der Waals surface area contributed by atoms with Crippen molar-refractivity contribution in [2.24, 2.45) is 0 Å². The Morgan fingerprint density at radius 2 is 1.00 bits per heavy atom. The standard InChI is InChI=1S/Er.3O.Pr. The van der Waals surface area contributed by atoms with Gasteiger partial charge in [-0.2, -0.15) is 0 Å². The zero-order valence-corrected chi connectivity index (χ0v) is 7.65. The first-order chi connectivity index (χ1) is 1.73. The van der Waals surface area contributed by atoms with Crippen LogP contribution in [-0.2, 0) is 2.98 Å². The molecule has 0 saturated carbocycles. The van der Waals surface area contributed by atoms with Crippen LogP contribution in [-0.4, -0.2) is 0 Å². The summed E-state index contributed by atoms with van der Waals surface area (Å²) >= 11 is -4.47. The zero-order valence-electron chi connectivity index (χ0n) is 2.09. The van der Waals surface area contributed by atoms with Gasteiger partial charge in [-0.25, -0.2) is 0 Å². The van der Waals surface area contributed by atoms with Crippen molar-refractivity contribution in [3.63, 3.8) is 0 Å². The molecule has 5 heavy (non-hydrogen) atoms. The summed E-state index contributed by atoms with van der Waals surface area (Å²) < 4.78 is 25.9. The Morgan fingerprint density at radius 3 is 1.00 bits per heavy atom. The molecule has 0 aliphatic rings. The number of rotatable bonds is 0. The van der Waals surface area contributed by atoms with E-state index in [-0.39, 0.29) is 37.3 Å². The predicted molar refractivity (Wildman–Crippen MR) is 2.06 cm³/mol. The van der Waals surface area contributed by atoms with Gasteiger partial charge in [0.1, 0.15) is 0 Å². The van der Waals surface area contributed by atoms with Crippen LogP contribution < -0.4 is 0 Å². The Bertz CT molecular complexity index is 76.3. The van der Waals surface area contributed by atoms with Gasteiger partial charge in [0.15, 0.2) is 0 Å². The molecule has 0 heterocycles. The van der Waals surface area contributed by atoms with Gasteiger partial charge in [0, 0.05) is 37.3 Å². The summed E-state index contributed by atoms with van der Waals surface area (Å²) in [5.74, 6) is 0. The molecule has 0 aliphatic carbocycles. The van der Waals surface area contributed by atoms with Crippen molar-refractivity contribution in [2.75, 3.05) is 0 Å². The molecule has 0 fully saturated rings. The molecule has 5 heteroatoms. The van der Waals surface area contributed by atoms with Crippen molar-refractivity contribution in [3.8, 4) is 0 Å². The van der Waals surface area contributed by atoms with Crippen LogP contribution in [0.15, 0.2) is 0 Å². The van der Waals surface area contributed by atoms with Gasteiger partial charge in [-0.15, -0.1) is 0 Å². The van der Waals surface area contributed by atoms with Crippen molar-refractivity contribution in [1.82, 2.24) is 0 Å². The van der Waals surface area contributed by atoms with E-state index in [1.165, 1.54) is 0 Å². The summed E-state index contributed by atoms with van der Waals surface area (Å²) in [5, 5.41) is 0. The molecule has 0 spiro atoms. The second-order valence-corrected chi connectivity index (χ2v) is 2.14. The topological polar surface area (TPSA) is 51.2 Å². The van der Waals surface area contributed by atoms with Crippen LogP contribution in [0.5, 0.6) is 0 Å². The normalized spacial score (nSPS) is 3.00. The van der Waals surface area contributed by atoms with Crippen molar-refractivity contribution < 1.29 is 75.7 Å². The quantitative estimate of drug-likeness (QED) is 0.596. The van der Waals surface area contributed by atoms with E-state index in [1.54, 1.807) is 0 Å².